The fraction of sp³-hybridized carbons (Fsp3) is 0.261. The number of nitrogens with zero attached hydrogens (tertiary/aromatic N) is 4. The summed E-state index contributed by atoms with van der Waals surface area (Å²) in [6, 6.07) is 40.2. The number of para-hydroxylation sites is 2. The first kappa shape index (κ1) is 32.0. The van der Waals surface area contributed by atoms with E-state index in [0.29, 0.717) is 0 Å². The number of pyridine rings is 2. The van der Waals surface area contributed by atoms with Crippen molar-refractivity contribution >= 4 is 43.6 Å². The van der Waals surface area contributed by atoms with Gasteiger partial charge in [-0.2, -0.15) is 0 Å². The third kappa shape index (κ3) is 5.87. The second-order valence-electron chi connectivity index (χ2n) is 13.7. The highest BCUT2D eigenvalue weighted by molar-refractivity contribution is 6.11. The van der Waals surface area contributed by atoms with Crippen LogP contribution in [0.15, 0.2) is 122 Å². The van der Waals surface area contributed by atoms with Gasteiger partial charge in [-0.1, -0.05) is 119 Å². The van der Waals surface area contributed by atoms with Crippen molar-refractivity contribution in [2.24, 2.45) is 0 Å². The van der Waals surface area contributed by atoms with Gasteiger partial charge in [-0.25, -0.2) is 0 Å². The molecule has 0 atom stereocenters. The first-order valence-corrected chi connectivity index (χ1v) is 18.7. The van der Waals surface area contributed by atoms with E-state index in [0.717, 1.165) is 30.0 Å². The van der Waals surface area contributed by atoms with Gasteiger partial charge < -0.3 is 9.13 Å². The number of unbranched alkanes of at least 4 members (excludes halogenated alkanes) is 6. The normalized spacial score (nSPS) is 11.8. The molecule has 0 aliphatic rings. The Morgan fingerprint density at radius 2 is 1.02 bits per heavy atom. The van der Waals surface area contributed by atoms with E-state index < -0.39 is 0 Å². The molecule has 250 valence electrons. The number of rotatable bonds is 13. The Kier molecular flexibility index (Phi) is 9.17. The van der Waals surface area contributed by atoms with Gasteiger partial charge in [-0.3, -0.25) is 9.97 Å². The third-order valence-electron chi connectivity index (χ3n) is 10.5. The number of aryl methyl sites for hydroxylation is 2. The summed E-state index contributed by atoms with van der Waals surface area (Å²) in [5.41, 5.74) is 11.7. The average molecular weight is 655 g/mol. The lowest BCUT2D eigenvalue weighted by molar-refractivity contribution is 0.602. The van der Waals surface area contributed by atoms with E-state index >= 15 is 0 Å². The van der Waals surface area contributed by atoms with E-state index in [9.17, 15) is 0 Å². The van der Waals surface area contributed by atoms with Crippen molar-refractivity contribution < 1.29 is 0 Å². The lowest BCUT2D eigenvalue weighted by Crippen LogP contribution is -1.99. The number of fused-ring (bicyclic) bond motifs is 6. The summed E-state index contributed by atoms with van der Waals surface area (Å²) >= 11 is 0. The van der Waals surface area contributed by atoms with Gasteiger partial charge >= 0.3 is 0 Å². The molecule has 0 aliphatic heterocycles. The molecule has 0 amide bonds. The first-order chi connectivity index (χ1) is 24.8. The zero-order chi connectivity index (χ0) is 33.9. The lowest BCUT2D eigenvalue weighted by Gasteiger charge is -2.16. The standard InChI is InChI=1S/C46H46N4/c1-3-5-7-15-29-49-41-20-11-9-17-36(41)38-24-22-33(31-43(38)49)35-26-28-48-46(40-19-13-14-27-47-40)45(35)34-23-25-39-37-18-10-12-21-42(37)50(44(39)32-34)30-16-8-6-4-2/h9-14,17-28,31-32H,3-8,15-16,29-30H2,1-2H3. The molecule has 50 heavy (non-hydrogen) atoms. The summed E-state index contributed by atoms with van der Waals surface area (Å²) < 4.78 is 5.09. The van der Waals surface area contributed by atoms with E-state index in [2.05, 4.69) is 126 Å². The Labute approximate surface area is 295 Å². The molecular weight excluding hydrogens is 609 g/mol. The minimum atomic E-state index is 0.885. The Morgan fingerprint density at radius 1 is 0.460 bits per heavy atom. The number of aromatic nitrogens is 4. The molecule has 4 aromatic heterocycles. The van der Waals surface area contributed by atoms with E-state index in [1.165, 1.54) is 112 Å². The summed E-state index contributed by atoms with van der Waals surface area (Å²) in [6.45, 7) is 6.60. The van der Waals surface area contributed by atoms with Gasteiger partial charge in [0.2, 0.25) is 0 Å². The van der Waals surface area contributed by atoms with Gasteiger partial charge in [0, 0.05) is 74.7 Å². The molecule has 8 aromatic rings. The maximum Gasteiger partial charge on any atom is 0.0970 e. The summed E-state index contributed by atoms with van der Waals surface area (Å²) in [7, 11) is 0. The quantitative estimate of drug-likeness (QED) is 0.116. The second kappa shape index (κ2) is 14.3. The topological polar surface area (TPSA) is 35.6 Å². The molecule has 0 fully saturated rings. The molecule has 0 spiro atoms. The van der Waals surface area contributed by atoms with E-state index in [1.807, 2.05) is 18.5 Å². The Morgan fingerprint density at radius 3 is 1.62 bits per heavy atom. The van der Waals surface area contributed by atoms with Crippen LogP contribution in [0.1, 0.15) is 65.2 Å². The fourth-order valence-corrected chi connectivity index (χ4v) is 7.99. The Bertz CT molecular complexity index is 2410. The summed E-state index contributed by atoms with van der Waals surface area (Å²) in [6.07, 6.45) is 13.7. The van der Waals surface area contributed by atoms with Crippen LogP contribution in [0.5, 0.6) is 0 Å². The Balaban J connectivity index is 1.33. The minimum Gasteiger partial charge on any atom is -0.340 e. The van der Waals surface area contributed by atoms with Crippen molar-refractivity contribution in [1.82, 2.24) is 19.1 Å². The zero-order valence-corrected chi connectivity index (χ0v) is 29.4. The maximum atomic E-state index is 5.02. The molecule has 0 radical (unpaired) electrons. The van der Waals surface area contributed by atoms with E-state index in [-0.39, 0.29) is 0 Å². The largest absolute Gasteiger partial charge is 0.340 e. The molecule has 8 rings (SSSR count). The molecule has 4 aromatic carbocycles. The van der Waals surface area contributed by atoms with Gasteiger partial charge in [0.05, 0.1) is 11.4 Å². The molecule has 0 aliphatic carbocycles. The van der Waals surface area contributed by atoms with Crippen LogP contribution in [0.3, 0.4) is 0 Å². The van der Waals surface area contributed by atoms with Crippen molar-refractivity contribution in [3.63, 3.8) is 0 Å². The van der Waals surface area contributed by atoms with Gasteiger partial charge in [0.25, 0.3) is 0 Å². The van der Waals surface area contributed by atoms with Gasteiger partial charge in [-0.05, 0) is 72.0 Å². The van der Waals surface area contributed by atoms with Crippen LogP contribution < -0.4 is 0 Å². The second-order valence-corrected chi connectivity index (χ2v) is 13.7. The summed E-state index contributed by atoms with van der Waals surface area (Å²) in [5.74, 6) is 0. The highest BCUT2D eigenvalue weighted by atomic mass is 15.0. The highest BCUT2D eigenvalue weighted by Gasteiger charge is 2.20. The summed E-state index contributed by atoms with van der Waals surface area (Å²) in [4.78, 5) is 9.84. The number of hydrogen-bond acceptors (Lipinski definition) is 2. The molecule has 4 heteroatoms. The smallest absolute Gasteiger partial charge is 0.0970 e. The SMILES string of the molecule is CCCCCCn1c2ccccc2c2ccc(-c3ccnc(-c4ccccn4)c3-c3ccc4c5ccccc5n(CCCCCC)c4c3)cc21. The van der Waals surface area contributed by atoms with Crippen LogP contribution in [0.4, 0.5) is 0 Å². The van der Waals surface area contributed by atoms with Crippen molar-refractivity contribution in [3.8, 4) is 33.6 Å². The highest BCUT2D eigenvalue weighted by Crippen LogP contribution is 2.42. The first-order valence-electron chi connectivity index (χ1n) is 18.7. The predicted molar refractivity (Wildman–Crippen MR) is 213 cm³/mol. The van der Waals surface area contributed by atoms with Gasteiger partial charge in [-0.15, -0.1) is 0 Å². The summed E-state index contributed by atoms with van der Waals surface area (Å²) in [5, 5.41) is 5.26. The van der Waals surface area contributed by atoms with Crippen LogP contribution in [-0.4, -0.2) is 19.1 Å². The van der Waals surface area contributed by atoms with Crippen LogP contribution >= 0.6 is 0 Å². The van der Waals surface area contributed by atoms with Crippen molar-refractivity contribution in [1.29, 1.82) is 0 Å². The molecule has 4 heterocycles. The molecule has 0 unspecified atom stereocenters. The molecule has 0 bridgehead atoms. The molecule has 0 saturated carbocycles. The van der Waals surface area contributed by atoms with Gasteiger partial charge in [0.1, 0.15) is 0 Å². The average Bonchev–Trinajstić information content (AvgIpc) is 3.66. The molecule has 4 nitrogen and oxygen atoms in total. The fourth-order valence-electron chi connectivity index (χ4n) is 7.99. The lowest BCUT2D eigenvalue weighted by atomic mass is 9.91. The van der Waals surface area contributed by atoms with Crippen molar-refractivity contribution in [2.75, 3.05) is 0 Å². The third-order valence-corrected chi connectivity index (χ3v) is 10.5. The number of hydrogen-bond donors (Lipinski definition) is 0. The molecule has 0 saturated heterocycles. The maximum absolute atomic E-state index is 5.02. The van der Waals surface area contributed by atoms with Gasteiger partial charge in [0.15, 0.2) is 0 Å². The predicted octanol–water partition coefficient (Wildman–Crippen LogP) is 12.9. The van der Waals surface area contributed by atoms with E-state index in [4.69, 9.17) is 9.97 Å². The van der Waals surface area contributed by atoms with Crippen LogP contribution in [0, 0.1) is 0 Å². The molecular formula is C46H46N4. The minimum absolute atomic E-state index is 0.885. The van der Waals surface area contributed by atoms with Crippen molar-refractivity contribution in [3.05, 3.63) is 122 Å². The monoisotopic (exact) mass is 654 g/mol. The zero-order valence-electron chi connectivity index (χ0n) is 29.4. The number of benzene rings is 4. The van der Waals surface area contributed by atoms with Crippen LogP contribution in [-0.2, 0) is 13.1 Å². The van der Waals surface area contributed by atoms with E-state index in [1.54, 1.807) is 0 Å². The van der Waals surface area contributed by atoms with Crippen molar-refractivity contribution in [2.45, 2.75) is 78.3 Å². The van der Waals surface area contributed by atoms with Crippen LogP contribution in [0.25, 0.3) is 77.3 Å². The molecule has 0 N–H and O–H groups in total. The Hall–Kier alpha value is -5.22. The van der Waals surface area contributed by atoms with Crippen LogP contribution in [0.2, 0.25) is 0 Å².